The van der Waals surface area contributed by atoms with Crippen LogP contribution in [0.2, 0.25) is 0 Å². The van der Waals surface area contributed by atoms with Gasteiger partial charge in [0, 0.05) is 23.1 Å². The number of hydrogen-bond acceptors (Lipinski definition) is 7. The average molecular weight is 385 g/mol. The van der Waals surface area contributed by atoms with Crippen molar-refractivity contribution in [2.45, 2.75) is 26.7 Å². The molecule has 2 aromatic heterocycles. The molecular formula is C19H19N3O4S. The van der Waals surface area contributed by atoms with Crippen molar-refractivity contribution in [2.75, 3.05) is 11.9 Å². The molecule has 0 unspecified atom stereocenters. The van der Waals surface area contributed by atoms with Crippen molar-refractivity contribution < 1.29 is 18.8 Å². The molecule has 3 rings (SSSR count). The third-order valence-corrected chi connectivity index (χ3v) is 4.58. The Hall–Kier alpha value is -3.00. The van der Waals surface area contributed by atoms with E-state index in [2.05, 4.69) is 15.5 Å². The first-order valence-electron chi connectivity index (χ1n) is 8.40. The van der Waals surface area contributed by atoms with Crippen molar-refractivity contribution in [2.24, 2.45) is 0 Å². The van der Waals surface area contributed by atoms with Crippen LogP contribution in [0.25, 0.3) is 11.4 Å². The average Bonchev–Trinajstić information content (AvgIpc) is 3.32. The number of nitrogens with zero attached hydrogens (tertiary/aromatic N) is 2. The van der Waals surface area contributed by atoms with Crippen molar-refractivity contribution in [1.82, 2.24) is 10.1 Å². The summed E-state index contributed by atoms with van der Waals surface area (Å²) in [7, 11) is 0. The van der Waals surface area contributed by atoms with Gasteiger partial charge in [0.2, 0.25) is 11.7 Å². The molecule has 8 heteroatoms. The second-order valence-electron chi connectivity index (χ2n) is 6.00. The van der Waals surface area contributed by atoms with Crippen LogP contribution in [0.3, 0.4) is 0 Å². The molecule has 3 aromatic rings. The van der Waals surface area contributed by atoms with Crippen molar-refractivity contribution in [3.8, 4) is 11.4 Å². The van der Waals surface area contributed by atoms with Gasteiger partial charge < -0.3 is 14.6 Å². The molecule has 1 amide bonds. The van der Waals surface area contributed by atoms with Crippen LogP contribution < -0.4 is 5.32 Å². The van der Waals surface area contributed by atoms with Crippen LogP contribution in [0.4, 0.5) is 5.69 Å². The second kappa shape index (κ2) is 8.59. The van der Waals surface area contributed by atoms with Crippen LogP contribution in [0.1, 0.15) is 23.4 Å². The zero-order valence-electron chi connectivity index (χ0n) is 15.0. The van der Waals surface area contributed by atoms with E-state index < -0.39 is 5.97 Å². The lowest BCUT2D eigenvalue weighted by molar-refractivity contribution is -0.147. The van der Waals surface area contributed by atoms with Crippen molar-refractivity contribution in [1.29, 1.82) is 0 Å². The number of ether oxygens (including phenoxy) is 1. The largest absolute Gasteiger partial charge is 0.456 e. The van der Waals surface area contributed by atoms with E-state index in [9.17, 15) is 9.59 Å². The molecule has 140 valence electrons. The molecule has 0 fully saturated rings. The summed E-state index contributed by atoms with van der Waals surface area (Å²) in [6, 6.07) is 7.62. The molecule has 7 nitrogen and oxygen atoms in total. The van der Waals surface area contributed by atoms with E-state index in [0.717, 1.165) is 22.4 Å². The highest BCUT2D eigenvalue weighted by Crippen LogP contribution is 2.20. The minimum Gasteiger partial charge on any atom is -0.456 e. The topological polar surface area (TPSA) is 94.3 Å². The number of amides is 1. The molecule has 0 aliphatic rings. The number of carbonyl (C=O) groups excluding carboxylic acids is 2. The summed E-state index contributed by atoms with van der Waals surface area (Å²) in [5, 5.41) is 10.5. The van der Waals surface area contributed by atoms with Gasteiger partial charge in [-0.25, -0.2) is 0 Å². The van der Waals surface area contributed by atoms with Crippen LogP contribution in [-0.4, -0.2) is 28.6 Å². The zero-order chi connectivity index (χ0) is 19.2. The number of para-hydroxylation sites is 1. The number of anilines is 1. The Morgan fingerprint density at radius 2 is 2.00 bits per heavy atom. The van der Waals surface area contributed by atoms with E-state index >= 15 is 0 Å². The summed E-state index contributed by atoms with van der Waals surface area (Å²) in [6.07, 6.45) is 0.316. The van der Waals surface area contributed by atoms with Crippen LogP contribution in [0.15, 0.2) is 39.5 Å². The number of hydrogen-bond donors (Lipinski definition) is 1. The monoisotopic (exact) mass is 385 g/mol. The Bertz CT molecular complexity index is 914. The van der Waals surface area contributed by atoms with E-state index in [-0.39, 0.29) is 25.4 Å². The fourth-order valence-electron chi connectivity index (χ4n) is 2.48. The molecular weight excluding hydrogens is 366 g/mol. The lowest BCUT2D eigenvalue weighted by Crippen LogP contribution is -2.22. The number of rotatable bonds is 7. The predicted octanol–water partition coefficient (Wildman–Crippen LogP) is 3.53. The molecule has 0 atom stereocenters. The normalized spacial score (nSPS) is 10.6. The van der Waals surface area contributed by atoms with Gasteiger partial charge in [0.1, 0.15) is 0 Å². The fourth-order valence-corrected chi connectivity index (χ4v) is 3.11. The minimum absolute atomic E-state index is 0.0575. The Morgan fingerprint density at radius 3 is 2.70 bits per heavy atom. The summed E-state index contributed by atoms with van der Waals surface area (Å²) >= 11 is 1.54. The molecule has 1 aromatic carbocycles. The zero-order valence-corrected chi connectivity index (χ0v) is 15.8. The van der Waals surface area contributed by atoms with E-state index in [0.29, 0.717) is 11.7 Å². The van der Waals surface area contributed by atoms with Gasteiger partial charge in [-0.2, -0.15) is 16.3 Å². The summed E-state index contributed by atoms with van der Waals surface area (Å²) in [6.45, 7) is 3.48. The van der Waals surface area contributed by atoms with Gasteiger partial charge in [-0.15, -0.1) is 0 Å². The van der Waals surface area contributed by atoms with Gasteiger partial charge in [0.05, 0.1) is 6.42 Å². The standard InChI is InChI=1S/C19H19N3O4S/c1-12-4-3-5-13(2)18(12)20-15(23)10-25-17(24)7-6-16-21-19(22-26-16)14-8-9-27-11-14/h3-5,8-9,11H,6-7,10H2,1-2H3,(H,20,23). The van der Waals surface area contributed by atoms with E-state index in [4.69, 9.17) is 9.26 Å². The molecule has 0 saturated heterocycles. The highest BCUT2D eigenvalue weighted by molar-refractivity contribution is 7.08. The molecule has 0 aliphatic heterocycles. The molecule has 0 saturated carbocycles. The van der Waals surface area contributed by atoms with Gasteiger partial charge in [-0.05, 0) is 36.4 Å². The lowest BCUT2D eigenvalue weighted by atomic mass is 10.1. The van der Waals surface area contributed by atoms with Crippen molar-refractivity contribution in [3.05, 3.63) is 52.0 Å². The number of carbonyl (C=O) groups is 2. The number of thiophene rings is 1. The van der Waals surface area contributed by atoms with E-state index in [1.165, 1.54) is 11.3 Å². The van der Waals surface area contributed by atoms with Gasteiger partial charge in [-0.1, -0.05) is 23.4 Å². The number of benzene rings is 1. The predicted molar refractivity (Wildman–Crippen MR) is 101 cm³/mol. The molecule has 2 heterocycles. The number of aromatic nitrogens is 2. The van der Waals surface area contributed by atoms with Gasteiger partial charge in [0.15, 0.2) is 6.61 Å². The van der Waals surface area contributed by atoms with E-state index in [1.807, 2.05) is 48.9 Å². The number of esters is 1. The molecule has 27 heavy (non-hydrogen) atoms. The van der Waals surface area contributed by atoms with Gasteiger partial charge in [-0.3, -0.25) is 9.59 Å². The van der Waals surface area contributed by atoms with Gasteiger partial charge in [0.25, 0.3) is 5.91 Å². The molecule has 0 bridgehead atoms. The second-order valence-corrected chi connectivity index (χ2v) is 6.78. The maximum Gasteiger partial charge on any atom is 0.306 e. The maximum absolute atomic E-state index is 12.0. The SMILES string of the molecule is Cc1cccc(C)c1NC(=O)COC(=O)CCc1nc(-c2ccsc2)no1. The molecule has 0 radical (unpaired) electrons. The fraction of sp³-hybridized carbons (Fsp3) is 0.263. The summed E-state index contributed by atoms with van der Waals surface area (Å²) in [4.78, 5) is 28.1. The van der Waals surface area contributed by atoms with Crippen LogP contribution >= 0.6 is 11.3 Å². The quantitative estimate of drug-likeness (QED) is 0.625. The highest BCUT2D eigenvalue weighted by Gasteiger charge is 2.13. The smallest absolute Gasteiger partial charge is 0.306 e. The minimum atomic E-state index is -0.498. The summed E-state index contributed by atoms with van der Waals surface area (Å²) in [5.41, 5.74) is 3.52. The summed E-state index contributed by atoms with van der Waals surface area (Å²) in [5.74, 6) is -0.0269. The first kappa shape index (κ1) is 18.8. The van der Waals surface area contributed by atoms with Crippen LogP contribution in [-0.2, 0) is 20.7 Å². The first-order chi connectivity index (χ1) is 13.0. The number of nitrogens with one attached hydrogen (secondary N) is 1. The Balaban J connectivity index is 1.44. The lowest BCUT2D eigenvalue weighted by Gasteiger charge is -2.11. The highest BCUT2D eigenvalue weighted by atomic mass is 32.1. The van der Waals surface area contributed by atoms with E-state index in [1.54, 1.807) is 0 Å². The summed E-state index contributed by atoms with van der Waals surface area (Å²) < 4.78 is 10.1. The Kier molecular flexibility index (Phi) is 5.97. The third kappa shape index (κ3) is 5.01. The Morgan fingerprint density at radius 1 is 1.22 bits per heavy atom. The third-order valence-electron chi connectivity index (χ3n) is 3.90. The van der Waals surface area contributed by atoms with Crippen LogP contribution in [0.5, 0.6) is 0 Å². The number of aryl methyl sites for hydroxylation is 3. The van der Waals surface area contributed by atoms with Crippen molar-refractivity contribution >= 4 is 28.9 Å². The van der Waals surface area contributed by atoms with Gasteiger partial charge >= 0.3 is 5.97 Å². The Labute approximate surface area is 160 Å². The van der Waals surface area contributed by atoms with Crippen LogP contribution in [0, 0.1) is 13.8 Å². The first-order valence-corrected chi connectivity index (χ1v) is 9.34. The molecule has 0 spiro atoms. The van der Waals surface area contributed by atoms with Crippen molar-refractivity contribution in [3.63, 3.8) is 0 Å². The maximum atomic E-state index is 12.0. The molecule has 1 N–H and O–H groups in total. The molecule has 0 aliphatic carbocycles.